The summed E-state index contributed by atoms with van der Waals surface area (Å²) in [6.07, 6.45) is 0. The maximum atomic E-state index is 12.5. The predicted molar refractivity (Wildman–Crippen MR) is 117 cm³/mol. The molecule has 5 nitrogen and oxygen atoms in total. The molecule has 8 heteroatoms. The second-order valence-corrected chi connectivity index (χ2v) is 10.3. The molecule has 1 aromatic carbocycles. The van der Waals surface area contributed by atoms with Crippen LogP contribution in [-0.2, 0) is 5.41 Å². The number of fused-ring (bicyclic) bond motifs is 1. The first-order valence-corrected chi connectivity index (χ1v) is 10.8. The summed E-state index contributed by atoms with van der Waals surface area (Å²) in [5, 5.41) is 8.16. The molecule has 0 aliphatic heterocycles. The molecule has 0 fully saturated rings. The number of aromatic nitrogens is 3. The van der Waals surface area contributed by atoms with E-state index in [4.69, 9.17) is 16.6 Å². The molecule has 0 bridgehead atoms. The van der Waals surface area contributed by atoms with Gasteiger partial charge in [-0.05, 0) is 42.2 Å². The highest BCUT2D eigenvalue weighted by atomic mass is 35.5. The molecule has 0 saturated heterocycles. The van der Waals surface area contributed by atoms with Crippen molar-refractivity contribution in [2.24, 2.45) is 0 Å². The second kappa shape index (κ2) is 6.99. The van der Waals surface area contributed by atoms with Crippen LogP contribution >= 0.6 is 34.3 Å². The van der Waals surface area contributed by atoms with Crippen LogP contribution in [0.5, 0.6) is 0 Å². The first-order valence-electron chi connectivity index (χ1n) is 8.75. The molecule has 1 amide bonds. The maximum absolute atomic E-state index is 12.5. The molecule has 4 aromatic rings. The van der Waals surface area contributed by atoms with Crippen molar-refractivity contribution in [3.63, 3.8) is 0 Å². The fraction of sp³-hybridized carbons (Fsp3) is 0.250. The number of nitrogens with one attached hydrogen (secondary N) is 1. The van der Waals surface area contributed by atoms with E-state index in [-0.39, 0.29) is 11.3 Å². The van der Waals surface area contributed by atoms with E-state index >= 15 is 0 Å². The number of thiophene rings is 1. The van der Waals surface area contributed by atoms with Crippen LogP contribution in [0, 0.1) is 6.92 Å². The molecule has 0 saturated carbocycles. The maximum Gasteiger partial charge on any atom is 0.266 e. The number of hydrogen-bond acceptors (Lipinski definition) is 5. The predicted octanol–water partition coefficient (Wildman–Crippen LogP) is 6.06. The average Bonchev–Trinajstić information content (AvgIpc) is 3.31. The number of nitrogens with zero attached hydrogens (tertiary/aromatic N) is 3. The Hall–Kier alpha value is -2.22. The fourth-order valence-corrected chi connectivity index (χ4v) is 4.73. The summed E-state index contributed by atoms with van der Waals surface area (Å²) in [5.74, 6) is 0.372. The molecule has 0 unspecified atom stereocenters. The van der Waals surface area contributed by atoms with Crippen LogP contribution in [0.3, 0.4) is 0 Å². The monoisotopic (exact) mass is 430 g/mol. The summed E-state index contributed by atoms with van der Waals surface area (Å²) in [6.45, 7) is 8.46. The Morgan fingerprint density at radius 2 is 1.93 bits per heavy atom. The zero-order chi connectivity index (χ0) is 20.1. The molecule has 28 heavy (non-hydrogen) atoms. The molecule has 0 radical (unpaired) electrons. The smallest absolute Gasteiger partial charge is 0.266 e. The van der Waals surface area contributed by atoms with Gasteiger partial charge in [-0.3, -0.25) is 4.79 Å². The van der Waals surface area contributed by atoms with Gasteiger partial charge in [0.25, 0.3) is 5.91 Å². The molecule has 3 heterocycles. The van der Waals surface area contributed by atoms with Crippen LogP contribution in [0.2, 0.25) is 4.34 Å². The third kappa shape index (κ3) is 3.70. The van der Waals surface area contributed by atoms with Crippen LogP contribution in [0.4, 0.5) is 5.82 Å². The van der Waals surface area contributed by atoms with Gasteiger partial charge in [-0.1, -0.05) is 49.8 Å². The lowest BCUT2D eigenvalue weighted by molar-refractivity contribution is 0.103. The minimum absolute atomic E-state index is 0.0712. The first-order chi connectivity index (χ1) is 13.2. The van der Waals surface area contributed by atoms with Crippen LogP contribution in [0.15, 0.2) is 36.4 Å². The van der Waals surface area contributed by atoms with Crippen molar-refractivity contribution in [2.45, 2.75) is 33.1 Å². The molecule has 144 valence electrons. The van der Waals surface area contributed by atoms with Crippen molar-refractivity contribution in [1.29, 1.82) is 0 Å². The van der Waals surface area contributed by atoms with E-state index in [1.165, 1.54) is 16.9 Å². The third-order valence-electron chi connectivity index (χ3n) is 4.29. The molecule has 4 rings (SSSR count). The van der Waals surface area contributed by atoms with Crippen LogP contribution < -0.4 is 5.32 Å². The first kappa shape index (κ1) is 19.1. The molecular formula is C20H19ClN4OS2. The van der Waals surface area contributed by atoms with E-state index in [0.29, 0.717) is 20.2 Å². The second-order valence-electron chi connectivity index (χ2n) is 7.57. The Kier molecular flexibility index (Phi) is 4.77. The van der Waals surface area contributed by atoms with E-state index in [1.807, 2.05) is 19.1 Å². The van der Waals surface area contributed by atoms with Crippen LogP contribution in [0.25, 0.3) is 15.3 Å². The van der Waals surface area contributed by atoms with Crippen molar-refractivity contribution in [3.05, 3.63) is 56.9 Å². The Morgan fingerprint density at radius 1 is 1.14 bits per heavy atom. The molecule has 0 aliphatic carbocycles. The minimum Gasteiger partial charge on any atom is -0.306 e. The highest BCUT2D eigenvalue weighted by Gasteiger charge is 2.18. The summed E-state index contributed by atoms with van der Waals surface area (Å²) in [5.41, 5.74) is 3.05. The number of aryl methyl sites for hydroxylation is 1. The summed E-state index contributed by atoms with van der Waals surface area (Å²) < 4.78 is 3.36. The number of thiazole rings is 1. The number of anilines is 1. The number of hydrogen-bond donors (Lipinski definition) is 1. The van der Waals surface area contributed by atoms with Crippen LogP contribution in [-0.4, -0.2) is 20.7 Å². The highest BCUT2D eigenvalue weighted by molar-refractivity contribution is 7.20. The van der Waals surface area contributed by atoms with Crippen LogP contribution in [0.1, 0.15) is 41.7 Å². The van der Waals surface area contributed by atoms with E-state index in [2.05, 4.69) is 43.3 Å². The van der Waals surface area contributed by atoms with Gasteiger partial charge in [0.1, 0.15) is 5.82 Å². The van der Waals surface area contributed by atoms with E-state index in [1.54, 1.807) is 28.2 Å². The lowest BCUT2D eigenvalue weighted by atomic mass is 9.87. The van der Waals surface area contributed by atoms with Gasteiger partial charge in [-0.25, -0.2) is 4.98 Å². The standard InChI is InChI=1S/C20H19ClN4OS2/c1-11-9-17(23-18(26)14-7-8-16(21)27-14)25(24-11)19-22-13-6-5-12(20(2,3)4)10-15(13)28-19/h5-10H,1-4H3,(H,23,26). The largest absolute Gasteiger partial charge is 0.306 e. The molecule has 0 aliphatic rings. The molecule has 0 atom stereocenters. The van der Waals surface area contributed by atoms with E-state index in [0.717, 1.165) is 15.9 Å². The molecule has 3 aromatic heterocycles. The van der Waals surface area contributed by atoms with E-state index in [9.17, 15) is 4.79 Å². The number of rotatable bonds is 3. The number of carbonyl (C=O) groups excluding carboxylic acids is 1. The van der Waals surface area contributed by atoms with Crippen molar-refractivity contribution in [1.82, 2.24) is 14.8 Å². The zero-order valence-electron chi connectivity index (χ0n) is 15.9. The van der Waals surface area contributed by atoms with Gasteiger partial charge >= 0.3 is 0 Å². The van der Waals surface area contributed by atoms with E-state index < -0.39 is 0 Å². The van der Waals surface area contributed by atoms with Gasteiger partial charge in [-0.15, -0.1) is 11.3 Å². The SMILES string of the molecule is Cc1cc(NC(=O)c2ccc(Cl)s2)n(-c2nc3ccc(C(C)(C)C)cc3s2)n1. The molecule has 0 spiro atoms. The van der Waals surface area contributed by atoms with Crippen molar-refractivity contribution in [2.75, 3.05) is 5.32 Å². The highest BCUT2D eigenvalue weighted by Crippen LogP contribution is 2.32. The zero-order valence-corrected chi connectivity index (χ0v) is 18.3. The number of halogens is 1. The molecule has 1 N–H and O–H groups in total. The van der Waals surface area contributed by atoms with Gasteiger partial charge in [-0.2, -0.15) is 9.78 Å². The number of amides is 1. The number of carbonyl (C=O) groups is 1. The fourth-order valence-electron chi connectivity index (χ4n) is 2.82. The third-order valence-corrected chi connectivity index (χ3v) is 6.52. The Morgan fingerprint density at radius 3 is 2.61 bits per heavy atom. The quantitative estimate of drug-likeness (QED) is 0.430. The number of benzene rings is 1. The minimum atomic E-state index is -0.214. The topological polar surface area (TPSA) is 59.8 Å². The van der Waals surface area contributed by atoms with Gasteiger partial charge < -0.3 is 5.32 Å². The summed E-state index contributed by atoms with van der Waals surface area (Å²) in [7, 11) is 0. The lowest BCUT2D eigenvalue weighted by Crippen LogP contribution is -2.13. The van der Waals surface area contributed by atoms with Crippen molar-refractivity contribution < 1.29 is 4.79 Å². The van der Waals surface area contributed by atoms with Gasteiger partial charge in [0.05, 0.1) is 25.1 Å². The average molecular weight is 431 g/mol. The Balaban J connectivity index is 1.70. The van der Waals surface area contributed by atoms with Gasteiger partial charge in [0.2, 0.25) is 5.13 Å². The Bertz CT molecular complexity index is 1180. The molecular weight excluding hydrogens is 412 g/mol. The summed E-state index contributed by atoms with van der Waals surface area (Å²) in [4.78, 5) is 17.8. The Labute approximate surface area is 176 Å². The summed E-state index contributed by atoms with van der Waals surface area (Å²) >= 11 is 8.74. The normalized spacial score (nSPS) is 11.9. The van der Waals surface area contributed by atoms with Gasteiger partial charge in [0, 0.05) is 6.07 Å². The lowest BCUT2D eigenvalue weighted by Gasteiger charge is -2.18. The van der Waals surface area contributed by atoms with Gasteiger partial charge in [0.15, 0.2) is 0 Å². The van der Waals surface area contributed by atoms with Crippen molar-refractivity contribution in [3.8, 4) is 5.13 Å². The summed E-state index contributed by atoms with van der Waals surface area (Å²) in [6, 6.07) is 11.6. The van der Waals surface area contributed by atoms with Crippen molar-refractivity contribution >= 4 is 56.2 Å².